The van der Waals surface area contributed by atoms with Gasteiger partial charge in [0.2, 0.25) is 5.91 Å². The highest BCUT2D eigenvalue weighted by Crippen LogP contribution is 2.42. The number of hydrogen-bond acceptors (Lipinski definition) is 10. The number of carboxylic acid groups (broad SMARTS) is 1. The Balaban J connectivity index is 2.38. The minimum Gasteiger partial charge on any atom is -0.481 e. The predicted molar refractivity (Wildman–Crippen MR) is 115 cm³/mol. The van der Waals surface area contributed by atoms with E-state index in [2.05, 4.69) is 10.1 Å². The number of alkyl halides is 2. The highest BCUT2D eigenvalue weighted by molar-refractivity contribution is 5.89. The van der Waals surface area contributed by atoms with Crippen LogP contribution in [0.25, 0.3) is 0 Å². The van der Waals surface area contributed by atoms with E-state index in [-0.39, 0.29) is 32.2 Å². The number of nitrogens with one attached hydrogen (secondary N) is 1. The molecule has 0 bridgehead atoms. The molecular formula is C21H36F2N2O10. The minimum absolute atomic E-state index is 0.120. The summed E-state index contributed by atoms with van der Waals surface area (Å²) in [7, 11) is 0. The summed E-state index contributed by atoms with van der Waals surface area (Å²) in [5.41, 5.74) is 5.74. The average molecular weight is 515 g/mol. The lowest BCUT2D eigenvalue weighted by Crippen LogP contribution is -2.71. The number of carbonyl (C=O) groups excluding carboxylic acids is 2. The van der Waals surface area contributed by atoms with Gasteiger partial charge in [-0.1, -0.05) is 26.2 Å². The third-order valence-electron chi connectivity index (χ3n) is 6.00. The molecule has 0 aliphatic carbocycles. The summed E-state index contributed by atoms with van der Waals surface area (Å²) in [6.07, 6.45) is -8.27. The SMILES string of the molecule is C[C@H](CC(=O)CNC(=O)[C@@H](N)CCCCCCC(F)(F)C1(O)O[C@H](CO)[C@H](O)[C@H](O)[C@H]1O)C(=O)O. The number of ether oxygens (including phenoxy) is 1. The van der Waals surface area contributed by atoms with Crippen LogP contribution in [-0.4, -0.2) is 104 Å². The third-order valence-corrected chi connectivity index (χ3v) is 6.00. The van der Waals surface area contributed by atoms with E-state index in [9.17, 15) is 43.6 Å². The number of nitrogens with two attached hydrogens (primary N) is 1. The molecule has 1 saturated heterocycles. The molecule has 1 aliphatic heterocycles. The molecule has 0 aromatic heterocycles. The number of Topliss-reactive ketones (excluding diaryl/α,β-unsaturated/α-hetero) is 1. The van der Waals surface area contributed by atoms with Crippen molar-refractivity contribution >= 4 is 17.7 Å². The van der Waals surface area contributed by atoms with Crippen LogP contribution in [0.1, 0.15) is 51.9 Å². The molecule has 7 atom stereocenters. The quantitative estimate of drug-likeness (QED) is 0.114. The molecule has 14 heteroatoms. The summed E-state index contributed by atoms with van der Waals surface area (Å²) in [5, 5.41) is 59.7. The number of carboxylic acids is 1. The number of ketones is 1. The van der Waals surface area contributed by atoms with Crippen molar-refractivity contribution in [1.29, 1.82) is 0 Å². The topological polar surface area (TPSA) is 220 Å². The van der Waals surface area contributed by atoms with Gasteiger partial charge in [0.05, 0.1) is 25.1 Å². The molecule has 0 radical (unpaired) electrons. The molecule has 204 valence electrons. The third kappa shape index (κ3) is 8.37. The highest BCUT2D eigenvalue weighted by atomic mass is 19.3. The second-order valence-corrected chi connectivity index (χ2v) is 8.93. The van der Waals surface area contributed by atoms with Crippen molar-refractivity contribution in [3.63, 3.8) is 0 Å². The molecule has 0 saturated carbocycles. The van der Waals surface area contributed by atoms with Crippen molar-refractivity contribution < 1.29 is 58.5 Å². The second kappa shape index (κ2) is 13.5. The molecule has 1 amide bonds. The summed E-state index contributed by atoms with van der Waals surface area (Å²) in [4.78, 5) is 34.3. The van der Waals surface area contributed by atoms with Crippen LogP contribution in [0.3, 0.4) is 0 Å². The van der Waals surface area contributed by atoms with Gasteiger partial charge in [0.25, 0.3) is 5.79 Å². The van der Waals surface area contributed by atoms with Gasteiger partial charge in [0, 0.05) is 12.8 Å². The van der Waals surface area contributed by atoms with E-state index in [1.165, 1.54) is 6.92 Å². The molecular weight excluding hydrogens is 478 g/mol. The Morgan fingerprint density at radius 2 is 1.71 bits per heavy atom. The van der Waals surface area contributed by atoms with E-state index < -0.39 is 78.8 Å². The number of hydrogen-bond donors (Lipinski definition) is 8. The maximum absolute atomic E-state index is 14.6. The molecule has 1 unspecified atom stereocenters. The van der Waals surface area contributed by atoms with Gasteiger partial charge in [-0.25, -0.2) is 8.78 Å². The van der Waals surface area contributed by atoms with Crippen LogP contribution in [0.5, 0.6) is 0 Å². The molecule has 1 rings (SSSR count). The number of halogens is 2. The van der Waals surface area contributed by atoms with E-state index in [0.29, 0.717) is 12.8 Å². The van der Waals surface area contributed by atoms with Gasteiger partial charge >= 0.3 is 11.9 Å². The fourth-order valence-corrected chi connectivity index (χ4v) is 3.65. The molecule has 0 aromatic rings. The Kier molecular flexibility index (Phi) is 12.0. The summed E-state index contributed by atoms with van der Waals surface area (Å²) >= 11 is 0. The number of aliphatic hydroxyl groups is 5. The van der Waals surface area contributed by atoms with Crippen molar-refractivity contribution in [2.45, 2.75) is 94.0 Å². The standard InChI is InChI=1S/C21H36F2N2O10/c1-11(19(32)33)8-12(27)9-25-18(31)13(24)6-4-2-3-5-7-20(22,23)21(34)17(30)16(29)15(28)14(10-26)35-21/h11,13-17,26,28-30,34H,2-10,24H2,1H3,(H,25,31)(H,32,33)/t11-,13+,14-,15+,16+,17-,21?/m1/s1. The zero-order valence-corrected chi connectivity index (χ0v) is 19.5. The van der Waals surface area contributed by atoms with Crippen molar-refractivity contribution in [1.82, 2.24) is 5.32 Å². The van der Waals surface area contributed by atoms with Gasteiger partial charge in [-0.15, -0.1) is 0 Å². The number of rotatable bonds is 15. The zero-order valence-electron chi connectivity index (χ0n) is 19.5. The van der Waals surface area contributed by atoms with Crippen LogP contribution in [0.15, 0.2) is 0 Å². The first-order valence-corrected chi connectivity index (χ1v) is 11.4. The Bertz CT molecular complexity index is 726. The number of aliphatic carboxylic acids is 1. The summed E-state index contributed by atoms with van der Waals surface area (Å²) < 4.78 is 33.9. The van der Waals surface area contributed by atoms with Crippen molar-refractivity contribution in [3.8, 4) is 0 Å². The first-order chi connectivity index (χ1) is 16.2. The van der Waals surface area contributed by atoms with Crippen LogP contribution < -0.4 is 11.1 Å². The largest absolute Gasteiger partial charge is 0.481 e. The van der Waals surface area contributed by atoms with Crippen LogP contribution in [0.4, 0.5) is 8.78 Å². The average Bonchev–Trinajstić information content (AvgIpc) is 2.80. The normalized spacial score (nSPS) is 28.8. The number of carbonyl (C=O) groups is 3. The van der Waals surface area contributed by atoms with E-state index in [1.807, 2.05) is 0 Å². The number of amides is 1. The molecule has 0 aromatic carbocycles. The Labute approximate surface area is 201 Å². The van der Waals surface area contributed by atoms with E-state index >= 15 is 0 Å². The van der Waals surface area contributed by atoms with E-state index in [1.54, 1.807) is 0 Å². The van der Waals surface area contributed by atoms with Gasteiger partial charge in [0.1, 0.15) is 24.4 Å². The lowest BCUT2D eigenvalue weighted by Gasteiger charge is -2.48. The monoisotopic (exact) mass is 514 g/mol. The molecule has 9 N–H and O–H groups in total. The van der Waals surface area contributed by atoms with Gasteiger partial charge in [0.15, 0.2) is 5.78 Å². The van der Waals surface area contributed by atoms with Crippen LogP contribution in [0, 0.1) is 5.92 Å². The fraction of sp³-hybridized carbons (Fsp3) is 0.857. The van der Waals surface area contributed by atoms with Crippen LogP contribution >= 0.6 is 0 Å². The van der Waals surface area contributed by atoms with Gasteiger partial charge in [-0.05, 0) is 12.8 Å². The molecule has 0 spiro atoms. The summed E-state index contributed by atoms with van der Waals surface area (Å²) in [6, 6.07) is -0.948. The zero-order chi connectivity index (χ0) is 27.0. The van der Waals surface area contributed by atoms with Gasteiger partial charge in [-0.2, -0.15) is 0 Å². The summed E-state index contributed by atoms with van der Waals surface area (Å²) in [5.74, 6) is -10.6. The molecule has 1 heterocycles. The lowest BCUT2D eigenvalue weighted by molar-refractivity contribution is -0.412. The van der Waals surface area contributed by atoms with Crippen LogP contribution in [-0.2, 0) is 19.1 Å². The van der Waals surface area contributed by atoms with E-state index in [4.69, 9.17) is 15.9 Å². The number of unbranched alkanes of at least 4 members (excludes halogenated alkanes) is 3. The van der Waals surface area contributed by atoms with Crippen LogP contribution in [0.2, 0.25) is 0 Å². The minimum atomic E-state index is -4.01. The van der Waals surface area contributed by atoms with Crippen molar-refractivity contribution in [2.75, 3.05) is 13.2 Å². The maximum atomic E-state index is 14.6. The first kappa shape index (κ1) is 31.2. The fourth-order valence-electron chi connectivity index (χ4n) is 3.65. The smallest absolute Gasteiger partial charge is 0.306 e. The first-order valence-electron chi connectivity index (χ1n) is 11.4. The molecule has 1 aliphatic rings. The van der Waals surface area contributed by atoms with Gasteiger partial charge in [-0.3, -0.25) is 14.4 Å². The van der Waals surface area contributed by atoms with Gasteiger partial charge < -0.3 is 46.4 Å². The molecule has 35 heavy (non-hydrogen) atoms. The molecule has 12 nitrogen and oxygen atoms in total. The lowest BCUT2D eigenvalue weighted by atomic mass is 9.87. The maximum Gasteiger partial charge on any atom is 0.306 e. The second-order valence-electron chi connectivity index (χ2n) is 8.93. The van der Waals surface area contributed by atoms with Crippen molar-refractivity contribution in [2.24, 2.45) is 11.7 Å². The Hall–Kier alpha value is -1.81. The Morgan fingerprint density at radius 3 is 2.29 bits per heavy atom. The Morgan fingerprint density at radius 1 is 1.11 bits per heavy atom. The summed E-state index contributed by atoms with van der Waals surface area (Å²) in [6.45, 7) is 0.0552. The predicted octanol–water partition coefficient (Wildman–Crippen LogP) is -1.75. The highest BCUT2D eigenvalue weighted by Gasteiger charge is 2.65. The van der Waals surface area contributed by atoms with E-state index in [0.717, 1.165) is 0 Å². The number of aliphatic hydroxyl groups excluding tert-OH is 4. The molecule has 1 fully saturated rings. The van der Waals surface area contributed by atoms with Crippen molar-refractivity contribution in [3.05, 3.63) is 0 Å².